The summed E-state index contributed by atoms with van der Waals surface area (Å²) >= 11 is 0. The molecule has 192 valence electrons. The summed E-state index contributed by atoms with van der Waals surface area (Å²) in [7, 11) is -3.30. The van der Waals surface area contributed by atoms with Crippen molar-refractivity contribution in [3.63, 3.8) is 0 Å². The van der Waals surface area contributed by atoms with E-state index >= 15 is 0 Å². The number of fused-ring (bicyclic) bond motifs is 1. The molecule has 0 saturated heterocycles. The molecule has 0 unspecified atom stereocenters. The first-order chi connectivity index (χ1) is 18.7. The smallest absolute Gasteiger partial charge is 0.175 e. The molecule has 0 amide bonds. The van der Waals surface area contributed by atoms with Crippen LogP contribution in [-0.2, 0) is 15.3 Å². The first-order valence-corrected chi connectivity index (χ1v) is 14.4. The molecule has 0 saturated carbocycles. The minimum Gasteiger partial charge on any atom is -0.256 e. The topological polar surface area (TPSA) is 83.7 Å². The Morgan fingerprint density at radius 2 is 1.64 bits per heavy atom. The molecule has 39 heavy (non-hydrogen) atoms. The summed E-state index contributed by atoms with van der Waals surface area (Å²) in [6.07, 6.45) is 6.78. The Morgan fingerprint density at radius 3 is 2.33 bits per heavy atom. The van der Waals surface area contributed by atoms with Gasteiger partial charge in [0.25, 0.3) is 0 Å². The summed E-state index contributed by atoms with van der Waals surface area (Å²) in [6, 6.07) is 31.2. The Labute approximate surface area is 229 Å². The number of rotatable bonds is 6. The van der Waals surface area contributed by atoms with Crippen molar-refractivity contribution < 1.29 is 8.42 Å². The van der Waals surface area contributed by atoms with Crippen LogP contribution in [0.15, 0.2) is 108 Å². The quantitative estimate of drug-likeness (QED) is 0.219. The summed E-state index contributed by atoms with van der Waals surface area (Å²) < 4.78 is 24.0. The van der Waals surface area contributed by atoms with Gasteiger partial charge in [0.2, 0.25) is 0 Å². The van der Waals surface area contributed by atoms with Gasteiger partial charge in [0, 0.05) is 35.2 Å². The van der Waals surface area contributed by atoms with E-state index in [-0.39, 0.29) is 4.90 Å². The van der Waals surface area contributed by atoms with Crippen LogP contribution in [0, 0.1) is 11.3 Å². The Morgan fingerprint density at radius 1 is 0.872 bits per heavy atom. The van der Waals surface area contributed by atoms with Crippen LogP contribution in [0.2, 0.25) is 0 Å². The lowest BCUT2D eigenvalue weighted by molar-refractivity contribution is 0.602. The standard InChI is InChI=1S/C33H27N3O2S/c1-33(2,22-34)27-20-26-10-7-17-36-32(26)30(21-27)25-9-6-8-23(18-25)19-29(31-11-4-5-16-35-31)24-12-14-28(15-13-24)39(3,37)38/h4-21H,1-3H3/b29-19+. The SMILES string of the molecule is CC(C)(C#N)c1cc(-c2cccc(/C=C(\c3ccc(S(C)(=O)=O)cc3)c3ccccn3)c2)c2ncccc2c1. The Balaban J connectivity index is 1.67. The summed E-state index contributed by atoms with van der Waals surface area (Å²) in [5.74, 6) is 0. The fraction of sp³-hybridized carbons (Fsp3) is 0.121. The largest absolute Gasteiger partial charge is 0.256 e. The fourth-order valence-corrected chi connectivity index (χ4v) is 5.14. The van der Waals surface area contributed by atoms with Crippen LogP contribution in [-0.4, -0.2) is 24.6 Å². The van der Waals surface area contributed by atoms with Crippen molar-refractivity contribution in [2.24, 2.45) is 0 Å². The maximum Gasteiger partial charge on any atom is 0.175 e. The van der Waals surface area contributed by atoms with Crippen LogP contribution < -0.4 is 0 Å². The first kappa shape index (κ1) is 26.0. The van der Waals surface area contributed by atoms with Gasteiger partial charge in [-0.3, -0.25) is 9.97 Å². The number of nitriles is 1. The van der Waals surface area contributed by atoms with E-state index in [1.165, 1.54) is 6.26 Å². The van der Waals surface area contributed by atoms with Crippen molar-refractivity contribution >= 4 is 32.4 Å². The van der Waals surface area contributed by atoms with Crippen molar-refractivity contribution in [1.82, 2.24) is 9.97 Å². The van der Waals surface area contributed by atoms with Gasteiger partial charge in [-0.15, -0.1) is 0 Å². The molecule has 0 N–H and O–H groups in total. The van der Waals surface area contributed by atoms with Gasteiger partial charge in [0.15, 0.2) is 9.84 Å². The van der Waals surface area contributed by atoms with Crippen LogP contribution in [0.4, 0.5) is 0 Å². The van der Waals surface area contributed by atoms with E-state index in [2.05, 4.69) is 34.2 Å². The van der Waals surface area contributed by atoms with E-state index < -0.39 is 15.3 Å². The minimum atomic E-state index is -3.30. The van der Waals surface area contributed by atoms with Gasteiger partial charge >= 0.3 is 0 Å². The second-order valence-corrected chi connectivity index (χ2v) is 12.0. The Kier molecular flexibility index (Phi) is 6.86. The number of nitrogens with zero attached hydrogens (tertiary/aromatic N) is 3. The molecule has 5 nitrogen and oxygen atoms in total. The molecule has 0 spiro atoms. The maximum atomic E-state index is 12.0. The first-order valence-electron chi connectivity index (χ1n) is 12.5. The van der Waals surface area contributed by atoms with Gasteiger partial charge in [-0.25, -0.2) is 8.42 Å². The van der Waals surface area contributed by atoms with Crippen LogP contribution in [0.1, 0.15) is 36.2 Å². The molecular formula is C33H27N3O2S. The molecule has 0 radical (unpaired) electrons. The fourth-order valence-electron chi connectivity index (χ4n) is 4.51. The minimum absolute atomic E-state index is 0.271. The van der Waals surface area contributed by atoms with Crippen molar-refractivity contribution in [2.75, 3.05) is 6.26 Å². The van der Waals surface area contributed by atoms with Crippen LogP contribution in [0.25, 0.3) is 33.7 Å². The summed E-state index contributed by atoms with van der Waals surface area (Å²) in [4.78, 5) is 9.50. The molecule has 0 bridgehead atoms. The highest BCUT2D eigenvalue weighted by Crippen LogP contribution is 2.35. The lowest BCUT2D eigenvalue weighted by Gasteiger charge is -2.19. The van der Waals surface area contributed by atoms with Gasteiger partial charge in [-0.1, -0.05) is 42.5 Å². The molecule has 0 aliphatic rings. The molecule has 0 fully saturated rings. The van der Waals surface area contributed by atoms with Gasteiger partial charge in [0.05, 0.1) is 27.6 Å². The second-order valence-electron chi connectivity index (χ2n) is 10.0. The van der Waals surface area contributed by atoms with E-state index in [0.29, 0.717) is 0 Å². The van der Waals surface area contributed by atoms with E-state index in [9.17, 15) is 13.7 Å². The predicted molar refractivity (Wildman–Crippen MR) is 157 cm³/mol. The van der Waals surface area contributed by atoms with E-state index in [1.54, 1.807) is 24.5 Å². The van der Waals surface area contributed by atoms with Crippen LogP contribution in [0.5, 0.6) is 0 Å². The van der Waals surface area contributed by atoms with E-state index in [4.69, 9.17) is 0 Å². The average molecular weight is 530 g/mol. The molecule has 0 aliphatic carbocycles. The number of hydrogen-bond acceptors (Lipinski definition) is 5. The number of aromatic nitrogens is 2. The third-order valence-electron chi connectivity index (χ3n) is 6.75. The van der Waals surface area contributed by atoms with Crippen molar-refractivity contribution in [3.8, 4) is 17.2 Å². The third kappa shape index (κ3) is 5.50. The highest BCUT2D eigenvalue weighted by Gasteiger charge is 2.22. The normalized spacial score (nSPS) is 12.3. The number of sulfone groups is 1. The molecule has 5 aromatic rings. The monoisotopic (exact) mass is 529 g/mol. The molecular weight excluding hydrogens is 502 g/mol. The number of pyridine rings is 2. The lowest BCUT2D eigenvalue weighted by atomic mass is 9.83. The van der Waals surface area contributed by atoms with Gasteiger partial charge < -0.3 is 0 Å². The van der Waals surface area contributed by atoms with Gasteiger partial charge in [-0.05, 0) is 90.7 Å². The molecule has 0 atom stereocenters. The van der Waals surface area contributed by atoms with Crippen LogP contribution >= 0.6 is 0 Å². The number of hydrogen-bond donors (Lipinski definition) is 0. The predicted octanol–water partition coefficient (Wildman–Crippen LogP) is 7.09. The average Bonchev–Trinajstić information content (AvgIpc) is 2.95. The molecule has 5 rings (SSSR count). The molecule has 2 aromatic heterocycles. The Bertz CT molecular complexity index is 1850. The van der Waals surface area contributed by atoms with Gasteiger partial charge in [0.1, 0.15) is 0 Å². The summed E-state index contributed by atoms with van der Waals surface area (Å²) in [5, 5.41) is 10.8. The molecule has 0 aliphatic heterocycles. The van der Waals surface area contributed by atoms with Crippen molar-refractivity contribution in [1.29, 1.82) is 5.26 Å². The van der Waals surface area contributed by atoms with Crippen molar-refractivity contribution in [3.05, 3.63) is 126 Å². The zero-order chi connectivity index (χ0) is 27.6. The zero-order valence-corrected chi connectivity index (χ0v) is 22.8. The van der Waals surface area contributed by atoms with E-state index in [1.807, 2.05) is 80.6 Å². The molecule has 6 heteroatoms. The van der Waals surface area contributed by atoms with Crippen LogP contribution in [0.3, 0.4) is 0 Å². The molecule has 3 aromatic carbocycles. The highest BCUT2D eigenvalue weighted by atomic mass is 32.2. The molecule has 2 heterocycles. The Hall–Kier alpha value is -4.60. The lowest BCUT2D eigenvalue weighted by Crippen LogP contribution is -2.14. The third-order valence-corrected chi connectivity index (χ3v) is 7.88. The highest BCUT2D eigenvalue weighted by molar-refractivity contribution is 7.90. The summed E-state index contributed by atoms with van der Waals surface area (Å²) in [6.45, 7) is 3.84. The zero-order valence-electron chi connectivity index (χ0n) is 22.0. The maximum absolute atomic E-state index is 12.0. The van der Waals surface area contributed by atoms with Crippen molar-refractivity contribution in [2.45, 2.75) is 24.2 Å². The summed E-state index contributed by atoms with van der Waals surface area (Å²) in [5.41, 5.74) is 6.55. The van der Waals surface area contributed by atoms with E-state index in [0.717, 1.165) is 50.0 Å². The second kappa shape index (κ2) is 10.3. The van der Waals surface area contributed by atoms with Gasteiger partial charge in [-0.2, -0.15) is 5.26 Å². The number of benzene rings is 3.